The molecular weight excluding hydrogens is 155 g/mol. The van der Waals surface area contributed by atoms with E-state index in [0.29, 0.717) is 13.0 Å². The minimum Gasteiger partial charge on any atom is -0.445 e. The molecule has 2 unspecified atom stereocenters. The molecule has 0 bridgehead atoms. The maximum absolute atomic E-state index is 9.53. The molecule has 0 rings (SSSR count). The third kappa shape index (κ3) is 4.75. The number of hydrogen-bond acceptors (Lipinski definition) is 3. The summed E-state index contributed by atoms with van der Waals surface area (Å²) in [4.78, 5) is 0. The summed E-state index contributed by atoms with van der Waals surface area (Å²) in [6, 6.07) is 0. The van der Waals surface area contributed by atoms with E-state index in [1.54, 1.807) is 6.92 Å². The van der Waals surface area contributed by atoms with Crippen LogP contribution < -0.4 is 0 Å². The van der Waals surface area contributed by atoms with Crippen LogP contribution in [0.25, 0.3) is 0 Å². The van der Waals surface area contributed by atoms with Crippen molar-refractivity contribution in [1.82, 2.24) is 0 Å². The summed E-state index contributed by atoms with van der Waals surface area (Å²) < 4.78 is 9.78. The SMILES string of the molecule is [B]OCC(CC)OC(C)(O)CC. The van der Waals surface area contributed by atoms with E-state index in [1.807, 2.05) is 13.8 Å². The molecule has 2 radical (unpaired) electrons. The minimum atomic E-state index is -1.07. The van der Waals surface area contributed by atoms with Crippen molar-refractivity contribution in [3.05, 3.63) is 0 Å². The highest BCUT2D eigenvalue weighted by molar-refractivity contribution is 5.97. The molecule has 0 aromatic rings. The maximum atomic E-state index is 9.53. The first-order chi connectivity index (χ1) is 5.55. The lowest BCUT2D eigenvalue weighted by atomic mass is 10.2. The van der Waals surface area contributed by atoms with Gasteiger partial charge in [0.05, 0.1) is 12.7 Å². The van der Waals surface area contributed by atoms with Gasteiger partial charge < -0.3 is 14.5 Å². The average molecular weight is 172 g/mol. The molecule has 0 aliphatic rings. The summed E-state index contributed by atoms with van der Waals surface area (Å²) in [7, 11) is 4.90. The van der Waals surface area contributed by atoms with Crippen molar-refractivity contribution < 1.29 is 14.5 Å². The van der Waals surface area contributed by atoms with Crippen LogP contribution in [-0.2, 0) is 9.39 Å². The Morgan fingerprint density at radius 1 is 1.50 bits per heavy atom. The summed E-state index contributed by atoms with van der Waals surface area (Å²) in [5, 5.41) is 9.53. The van der Waals surface area contributed by atoms with Gasteiger partial charge in [-0.3, -0.25) is 0 Å². The third-order valence-corrected chi connectivity index (χ3v) is 1.81. The van der Waals surface area contributed by atoms with E-state index in [9.17, 15) is 5.11 Å². The van der Waals surface area contributed by atoms with E-state index < -0.39 is 5.79 Å². The monoisotopic (exact) mass is 172 g/mol. The third-order valence-electron chi connectivity index (χ3n) is 1.81. The summed E-state index contributed by atoms with van der Waals surface area (Å²) in [5.41, 5.74) is 0. The molecule has 0 heterocycles. The van der Waals surface area contributed by atoms with Gasteiger partial charge in [0, 0.05) is 0 Å². The predicted octanol–water partition coefficient (Wildman–Crippen LogP) is 1.00. The van der Waals surface area contributed by atoms with Crippen molar-refractivity contribution in [2.75, 3.05) is 6.61 Å². The largest absolute Gasteiger partial charge is 0.445 e. The van der Waals surface area contributed by atoms with Gasteiger partial charge in [0.15, 0.2) is 5.79 Å². The van der Waals surface area contributed by atoms with Gasteiger partial charge in [0.1, 0.15) is 0 Å². The summed E-state index contributed by atoms with van der Waals surface area (Å²) in [5.74, 6) is -1.07. The van der Waals surface area contributed by atoms with Gasteiger partial charge in [0.2, 0.25) is 0 Å². The van der Waals surface area contributed by atoms with Gasteiger partial charge in [-0.2, -0.15) is 0 Å². The molecule has 0 fully saturated rings. The Morgan fingerprint density at radius 2 is 2.08 bits per heavy atom. The van der Waals surface area contributed by atoms with Gasteiger partial charge in [-0.05, 0) is 19.8 Å². The zero-order valence-electron chi connectivity index (χ0n) is 8.04. The molecule has 0 aliphatic carbocycles. The Balaban J connectivity index is 3.83. The van der Waals surface area contributed by atoms with Gasteiger partial charge >= 0.3 is 0 Å². The first kappa shape index (κ1) is 11.9. The van der Waals surface area contributed by atoms with Crippen molar-refractivity contribution >= 4 is 8.05 Å². The molecule has 0 saturated heterocycles. The molecule has 0 saturated carbocycles. The molecule has 70 valence electrons. The van der Waals surface area contributed by atoms with Crippen molar-refractivity contribution in [2.45, 2.75) is 45.5 Å². The molecule has 4 heteroatoms. The number of aliphatic hydroxyl groups is 1. The fourth-order valence-electron chi connectivity index (χ4n) is 0.785. The molecule has 1 N–H and O–H groups in total. The highest BCUT2D eigenvalue weighted by atomic mass is 16.6. The van der Waals surface area contributed by atoms with Crippen LogP contribution in [0.15, 0.2) is 0 Å². The molecule has 3 nitrogen and oxygen atoms in total. The molecule has 0 aromatic carbocycles. The van der Waals surface area contributed by atoms with Gasteiger partial charge in [-0.15, -0.1) is 0 Å². The summed E-state index contributed by atoms with van der Waals surface area (Å²) in [6.45, 7) is 5.75. The van der Waals surface area contributed by atoms with Crippen LogP contribution in [0.2, 0.25) is 0 Å². The predicted molar refractivity (Wildman–Crippen MR) is 47.8 cm³/mol. The van der Waals surface area contributed by atoms with E-state index in [1.165, 1.54) is 0 Å². The van der Waals surface area contributed by atoms with Gasteiger partial charge in [-0.25, -0.2) is 0 Å². The lowest BCUT2D eigenvalue weighted by molar-refractivity contribution is -0.224. The molecule has 12 heavy (non-hydrogen) atoms. The van der Waals surface area contributed by atoms with E-state index in [-0.39, 0.29) is 6.10 Å². The smallest absolute Gasteiger partial charge is 0.282 e. The van der Waals surface area contributed by atoms with E-state index >= 15 is 0 Å². The highest BCUT2D eigenvalue weighted by Crippen LogP contribution is 2.15. The van der Waals surface area contributed by atoms with Crippen LogP contribution >= 0.6 is 0 Å². The summed E-state index contributed by atoms with van der Waals surface area (Å²) in [6.07, 6.45) is 1.19. The van der Waals surface area contributed by atoms with Crippen LogP contribution in [0, 0.1) is 0 Å². The van der Waals surface area contributed by atoms with Gasteiger partial charge in [0.25, 0.3) is 8.05 Å². The van der Waals surface area contributed by atoms with E-state index in [0.717, 1.165) is 6.42 Å². The van der Waals surface area contributed by atoms with E-state index in [2.05, 4.69) is 4.65 Å². The normalized spacial score (nSPS) is 18.7. The Labute approximate surface area is 75.5 Å². The number of hydrogen-bond donors (Lipinski definition) is 1. The second kappa shape index (κ2) is 5.57. The molecule has 0 amide bonds. The standard InChI is InChI=1S/C8H17BO3/c1-4-7(6-11-9)12-8(3,10)5-2/h7,10H,4-6H2,1-3H3. The van der Waals surface area contributed by atoms with Crippen molar-refractivity contribution in [3.63, 3.8) is 0 Å². The van der Waals surface area contributed by atoms with Crippen LogP contribution in [0.4, 0.5) is 0 Å². The fraction of sp³-hybridized carbons (Fsp3) is 1.00. The fourth-order valence-corrected chi connectivity index (χ4v) is 0.785. The van der Waals surface area contributed by atoms with Gasteiger partial charge in [-0.1, -0.05) is 13.8 Å². The molecular formula is C8H17BO3. The second-order valence-corrected chi connectivity index (χ2v) is 3.01. The highest BCUT2D eigenvalue weighted by Gasteiger charge is 2.22. The van der Waals surface area contributed by atoms with Crippen LogP contribution in [-0.4, -0.2) is 31.7 Å². The molecule has 2 atom stereocenters. The van der Waals surface area contributed by atoms with E-state index in [4.69, 9.17) is 12.8 Å². The molecule has 0 aliphatic heterocycles. The number of rotatable bonds is 6. The lowest BCUT2D eigenvalue weighted by Gasteiger charge is -2.27. The Kier molecular flexibility index (Phi) is 5.54. The Bertz CT molecular complexity index is 117. The zero-order valence-corrected chi connectivity index (χ0v) is 8.04. The lowest BCUT2D eigenvalue weighted by Crippen LogP contribution is -2.34. The van der Waals surface area contributed by atoms with Crippen molar-refractivity contribution in [2.24, 2.45) is 0 Å². The van der Waals surface area contributed by atoms with Crippen LogP contribution in [0.5, 0.6) is 0 Å². The first-order valence-corrected chi connectivity index (χ1v) is 4.27. The first-order valence-electron chi connectivity index (χ1n) is 4.27. The van der Waals surface area contributed by atoms with Crippen molar-refractivity contribution in [3.8, 4) is 0 Å². The number of ether oxygens (including phenoxy) is 1. The van der Waals surface area contributed by atoms with Crippen LogP contribution in [0.1, 0.15) is 33.6 Å². The summed E-state index contributed by atoms with van der Waals surface area (Å²) >= 11 is 0. The van der Waals surface area contributed by atoms with Crippen molar-refractivity contribution in [1.29, 1.82) is 0 Å². The molecule has 0 aromatic heterocycles. The second-order valence-electron chi connectivity index (χ2n) is 3.01. The minimum absolute atomic E-state index is 0.134. The Hall–Kier alpha value is -0.0551. The quantitative estimate of drug-likeness (QED) is 0.479. The Morgan fingerprint density at radius 3 is 2.42 bits per heavy atom. The molecule has 0 spiro atoms. The zero-order chi connectivity index (χ0) is 9.61. The average Bonchev–Trinajstić information content (AvgIpc) is 2.03. The maximum Gasteiger partial charge on any atom is 0.282 e. The topological polar surface area (TPSA) is 38.7 Å². The van der Waals surface area contributed by atoms with Crippen LogP contribution in [0.3, 0.4) is 0 Å².